The van der Waals surface area contributed by atoms with Crippen molar-refractivity contribution in [2.75, 3.05) is 12.4 Å². The number of fused-ring (bicyclic) bond motifs is 1. The van der Waals surface area contributed by atoms with Crippen LogP contribution < -0.4 is 14.8 Å². The van der Waals surface area contributed by atoms with Crippen LogP contribution in [0.2, 0.25) is 0 Å². The summed E-state index contributed by atoms with van der Waals surface area (Å²) in [7, 11) is -2.24. The van der Waals surface area contributed by atoms with Crippen molar-refractivity contribution in [3.8, 4) is 5.75 Å². The van der Waals surface area contributed by atoms with Crippen molar-refractivity contribution in [2.24, 2.45) is 0 Å². The largest absolute Gasteiger partial charge is 0.496 e. The van der Waals surface area contributed by atoms with Crippen LogP contribution in [0.1, 0.15) is 29.7 Å². The molecule has 7 heteroatoms. The van der Waals surface area contributed by atoms with Crippen LogP contribution in [0.25, 0.3) is 11.6 Å². The standard InChI is InChI=1S/C24H22N2O4S/c1-16(17-8-4-3-5-9-17)26-31(28,29)19-12-13-22-20(15-19)21(24(27)25-22)14-18-10-6-7-11-23(18)30-2/h3-16,26H,1-2H3,(H,25,27)/b21-14+. The number of para-hydroxylation sites is 1. The summed E-state index contributed by atoms with van der Waals surface area (Å²) >= 11 is 0. The quantitative estimate of drug-likeness (QED) is 0.569. The number of ether oxygens (including phenoxy) is 1. The number of carbonyl (C=O) groups excluding carboxylic acids is 1. The van der Waals surface area contributed by atoms with E-state index < -0.39 is 16.1 Å². The molecule has 158 valence electrons. The Balaban J connectivity index is 1.69. The first-order valence-corrected chi connectivity index (χ1v) is 11.2. The molecule has 1 aliphatic rings. The summed E-state index contributed by atoms with van der Waals surface area (Å²) in [6.07, 6.45) is 1.70. The second-order valence-electron chi connectivity index (χ2n) is 7.22. The summed E-state index contributed by atoms with van der Waals surface area (Å²) in [5.74, 6) is 0.333. The second kappa shape index (κ2) is 8.37. The zero-order valence-corrected chi connectivity index (χ0v) is 17.9. The van der Waals surface area contributed by atoms with Crippen molar-refractivity contribution in [2.45, 2.75) is 17.9 Å². The molecular formula is C24H22N2O4S. The first kappa shape index (κ1) is 20.8. The maximum Gasteiger partial charge on any atom is 0.256 e. The monoisotopic (exact) mass is 434 g/mol. The fraction of sp³-hybridized carbons (Fsp3) is 0.125. The predicted molar refractivity (Wildman–Crippen MR) is 121 cm³/mol. The molecule has 0 aromatic heterocycles. The predicted octanol–water partition coefficient (Wildman–Crippen LogP) is 4.23. The Bertz CT molecular complexity index is 1270. The highest BCUT2D eigenvalue weighted by Gasteiger charge is 2.27. The van der Waals surface area contributed by atoms with Gasteiger partial charge in [-0.15, -0.1) is 0 Å². The Labute approximate surface area is 181 Å². The molecule has 0 radical (unpaired) electrons. The molecule has 2 N–H and O–H groups in total. The average molecular weight is 435 g/mol. The third-order valence-corrected chi connectivity index (χ3v) is 6.69. The number of benzene rings is 3. The van der Waals surface area contributed by atoms with Crippen LogP contribution in [0.3, 0.4) is 0 Å². The van der Waals surface area contributed by atoms with Crippen molar-refractivity contribution in [1.29, 1.82) is 0 Å². The van der Waals surface area contributed by atoms with E-state index in [2.05, 4.69) is 10.0 Å². The molecule has 1 heterocycles. The van der Waals surface area contributed by atoms with Crippen LogP contribution in [0, 0.1) is 0 Å². The molecule has 3 aromatic rings. The third kappa shape index (κ3) is 4.23. The van der Waals surface area contributed by atoms with Crippen molar-refractivity contribution in [3.05, 3.63) is 89.5 Å². The number of nitrogens with one attached hydrogen (secondary N) is 2. The van der Waals surface area contributed by atoms with E-state index in [-0.39, 0.29) is 10.8 Å². The molecule has 0 aliphatic carbocycles. The first-order valence-electron chi connectivity index (χ1n) is 9.77. The van der Waals surface area contributed by atoms with Crippen LogP contribution in [0.5, 0.6) is 5.75 Å². The van der Waals surface area contributed by atoms with Gasteiger partial charge in [0.05, 0.1) is 12.0 Å². The number of hydrogen-bond acceptors (Lipinski definition) is 4. The number of hydrogen-bond donors (Lipinski definition) is 2. The molecule has 0 spiro atoms. The molecule has 4 rings (SSSR count). The lowest BCUT2D eigenvalue weighted by molar-refractivity contribution is -0.110. The van der Waals surface area contributed by atoms with Crippen LogP contribution in [0.15, 0.2) is 77.7 Å². The van der Waals surface area contributed by atoms with Crippen LogP contribution in [0.4, 0.5) is 5.69 Å². The van der Waals surface area contributed by atoms with Crippen LogP contribution in [-0.2, 0) is 14.8 Å². The minimum Gasteiger partial charge on any atom is -0.496 e. The van der Waals surface area contributed by atoms with E-state index in [1.807, 2.05) is 48.5 Å². The fourth-order valence-corrected chi connectivity index (χ4v) is 4.79. The Morgan fingerprint density at radius 2 is 1.71 bits per heavy atom. The number of amides is 1. The lowest BCUT2D eigenvalue weighted by Crippen LogP contribution is -2.26. The molecule has 31 heavy (non-hydrogen) atoms. The number of carbonyl (C=O) groups is 1. The van der Waals surface area contributed by atoms with Crippen LogP contribution >= 0.6 is 0 Å². The summed E-state index contributed by atoms with van der Waals surface area (Å²) in [5.41, 5.74) is 3.08. The summed E-state index contributed by atoms with van der Waals surface area (Å²) in [6.45, 7) is 1.79. The van der Waals surface area contributed by atoms with Gasteiger partial charge in [0.15, 0.2) is 0 Å². The molecule has 3 aromatic carbocycles. The van der Waals surface area contributed by atoms with Gasteiger partial charge >= 0.3 is 0 Å². The average Bonchev–Trinajstić information content (AvgIpc) is 3.09. The van der Waals surface area contributed by atoms with Gasteiger partial charge in [-0.1, -0.05) is 48.5 Å². The Hall–Kier alpha value is -3.42. The number of methoxy groups -OCH3 is 1. The van der Waals surface area contributed by atoms with E-state index in [1.165, 1.54) is 12.1 Å². The number of rotatable bonds is 6. The molecule has 1 amide bonds. The van der Waals surface area contributed by atoms with Gasteiger partial charge in [0.1, 0.15) is 5.75 Å². The van der Waals surface area contributed by atoms with Gasteiger partial charge < -0.3 is 10.1 Å². The Kier molecular flexibility index (Phi) is 5.63. The summed E-state index contributed by atoms with van der Waals surface area (Å²) in [4.78, 5) is 12.7. The van der Waals surface area contributed by atoms with Crippen molar-refractivity contribution < 1.29 is 17.9 Å². The SMILES string of the molecule is COc1ccccc1/C=C1/C(=O)Nc2ccc(S(=O)(=O)NC(C)c3ccccc3)cc21. The highest BCUT2D eigenvalue weighted by Crippen LogP contribution is 2.36. The maximum absolute atomic E-state index is 13.0. The minimum atomic E-state index is -3.80. The van der Waals surface area contributed by atoms with E-state index in [9.17, 15) is 13.2 Å². The zero-order chi connectivity index (χ0) is 22.0. The normalized spacial score (nSPS) is 15.4. The number of anilines is 1. The van der Waals surface area contributed by atoms with Gasteiger partial charge in [-0.2, -0.15) is 0 Å². The third-order valence-electron chi connectivity index (χ3n) is 5.15. The molecule has 1 aliphatic heterocycles. The molecule has 0 fully saturated rings. The molecular weight excluding hydrogens is 412 g/mol. The first-order chi connectivity index (χ1) is 14.9. The Morgan fingerprint density at radius 3 is 2.45 bits per heavy atom. The molecule has 1 unspecified atom stereocenters. The summed E-state index contributed by atoms with van der Waals surface area (Å²) < 4.78 is 34.1. The molecule has 0 saturated heterocycles. The second-order valence-corrected chi connectivity index (χ2v) is 8.93. The molecule has 6 nitrogen and oxygen atoms in total. The Morgan fingerprint density at radius 1 is 1.00 bits per heavy atom. The van der Waals surface area contributed by atoms with E-state index in [4.69, 9.17) is 4.74 Å². The van der Waals surface area contributed by atoms with Crippen molar-refractivity contribution in [1.82, 2.24) is 4.72 Å². The van der Waals surface area contributed by atoms with Gasteiger partial charge in [-0.25, -0.2) is 13.1 Å². The zero-order valence-electron chi connectivity index (χ0n) is 17.1. The van der Waals surface area contributed by atoms with Gasteiger partial charge in [0.25, 0.3) is 5.91 Å². The molecule has 0 saturated carbocycles. The lowest BCUT2D eigenvalue weighted by Gasteiger charge is -2.15. The number of sulfonamides is 1. The van der Waals surface area contributed by atoms with Gasteiger partial charge in [-0.3, -0.25) is 4.79 Å². The van der Waals surface area contributed by atoms with E-state index >= 15 is 0 Å². The van der Waals surface area contributed by atoms with E-state index in [0.29, 0.717) is 22.6 Å². The topological polar surface area (TPSA) is 84.5 Å². The van der Waals surface area contributed by atoms with E-state index in [0.717, 1.165) is 11.1 Å². The maximum atomic E-state index is 13.0. The van der Waals surface area contributed by atoms with Crippen LogP contribution in [-0.4, -0.2) is 21.4 Å². The smallest absolute Gasteiger partial charge is 0.256 e. The summed E-state index contributed by atoms with van der Waals surface area (Å²) in [6, 6.07) is 20.9. The molecule has 1 atom stereocenters. The highest BCUT2D eigenvalue weighted by molar-refractivity contribution is 7.89. The highest BCUT2D eigenvalue weighted by atomic mass is 32.2. The van der Waals surface area contributed by atoms with Gasteiger partial charge in [0, 0.05) is 28.4 Å². The van der Waals surface area contributed by atoms with Crippen molar-refractivity contribution in [3.63, 3.8) is 0 Å². The van der Waals surface area contributed by atoms with Gasteiger partial charge in [-0.05, 0) is 42.8 Å². The minimum absolute atomic E-state index is 0.0939. The lowest BCUT2D eigenvalue weighted by atomic mass is 10.0. The fourth-order valence-electron chi connectivity index (χ4n) is 3.53. The van der Waals surface area contributed by atoms with E-state index in [1.54, 1.807) is 32.2 Å². The summed E-state index contributed by atoms with van der Waals surface area (Å²) in [5, 5.41) is 2.79. The van der Waals surface area contributed by atoms with Gasteiger partial charge in [0.2, 0.25) is 10.0 Å². The van der Waals surface area contributed by atoms with Crippen molar-refractivity contribution >= 4 is 33.3 Å². The molecule has 0 bridgehead atoms.